The van der Waals surface area contributed by atoms with Crippen LogP contribution in [0.25, 0.3) is 0 Å². The maximum atomic E-state index is 13.8. The predicted octanol–water partition coefficient (Wildman–Crippen LogP) is 4.82. The Kier molecular flexibility index (Phi) is 7.08. The molecular formula is C29H38O7S. The van der Waals surface area contributed by atoms with E-state index in [0.717, 1.165) is 18.4 Å². The molecule has 7 nitrogen and oxygen atoms in total. The van der Waals surface area contributed by atoms with Gasteiger partial charge in [-0.05, 0) is 56.6 Å². The third-order valence-corrected chi connectivity index (χ3v) is 11.2. The molecule has 4 rings (SSSR count). The molecule has 1 aromatic rings. The lowest BCUT2D eigenvalue weighted by Crippen LogP contribution is -2.62. The van der Waals surface area contributed by atoms with Gasteiger partial charge in [-0.2, -0.15) is 8.42 Å². The summed E-state index contributed by atoms with van der Waals surface area (Å²) in [6.07, 6.45) is 3.67. The summed E-state index contributed by atoms with van der Waals surface area (Å²) in [5, 5.41) is 0. The minimum absolute atomic E-state index is 0.0121. The standard InChI is InChI=1S/C29H38O7S/c1-7-27(5)16-23(36-24(31)17-35-37(33,34)21-10-8-18(2)9-11-21)28(6)19(3)12-14-29(20(4)26(27)32)15-13-22(30)25(28)29/h7-11,19-20,23,25H,1,12-17H2,2-6H3/t19-,20+,23-,25-,27-,28+,29+/m1/s1. The van der Waals surface area contributed by atoms with Crippen molar-refractivity contribution in [1.82, 2.24) is 0 Å². The zero-order valence-corrected chi connectivity index (χ0v) is 23.2. The number of benzene rings is 1. The molecule has 0 aliphatic heterocycles. The fraction of sp³-hybridized carbons (Fsp3) is 0.621. The minimum Gasteiger partial charge on any atom is -0.460 e. The van der Waals surface area contributed by atoms with Gasteiger partial charge < -0.3 is 4.74 Å². The van der Waals surface area contributed by atoms with E-state index in [9.17, 15) is 22.8 Å². The second-order valence-corrected chi connectivity index (χ2v) is 13.5. The highest BCUT2D eigenvalue weighted by Gasteiger charge is 2.68. The number of aryl methyl sites for hydroxylation is 1. The fourth-order valence-electron chi connectivity index (χ4n) is 7.37. The minimum atomic E-state index is -4.16. The van der Waals surface area contributed by atoms with Crippen molar-refractivity contribution >= 4 is 27.7 Å². The van der Waals surface area contributed by atoms with E-state index in [-0.39, 0.29) is 34.7 Å². The van der Waals surface area contributed by atoms with E-state index in [2.05, 4.69) is 13.5 Å². The maximum Gasteiger partial charge on any atom is 0.333 e. The quantitative estimate of drug-likeness (QED) is 0.295. The van der Waals surface area contributed by atoms with Gasteiger partial charge in [-0.15, -0.1) is 6.58 Å². The number of Topliss-reactive ketones (excluding diaryl/α,β-unsaturated/α-hetero) is 2. The van der Waals surface area contributed by atoms with E-state index in [1.807, 2.05) is 27.7 Å². The van der Waals surface area contributed by atoms with Crippen LogP contribution in [0.5, 0.6) is 0 Å². The normalized spacial score (nSPS) is 37.9. The van der Waals surface area contributed by atoms with Gasteiger partial charge in [0.05, 0.1) is 4.90 Å². The monoisotopic (exact) mass is 530 g/mol. The van der Waals surface area contributed by atoms with E-state index in [1.165, 1.54) is 12.1 Å². The first-order valence-corrected chi connectivity index (χ1v) is 14.5. The topological polar surface area (TPSA) is 104 Å². The lowest BCUT2D eigenvalue weighted by molar-refractivity contribution is -0.194. The number of rotatable bonds is 6. The molecule has 0 spiro atoms. The van der Waals surface area contributed by atoms with Gasteiger partial charge in [0.25, 0.3) is 10.1 Å². The molecule has 3 aliphatic rings. The number of hydrogen-bond acceptors (Lipinski definition) is 7. The second-order valence-electron chi connectivity index (χ2n) is 11.9. The Morgan fingerprint density at radius 2 is 1.78 bits per heavy atom. The molecule has 8 heteroatoms. The molecule has 0 aromatic heterocycles. The van der Waals surface area contributed by atoms with Gasteiger partial charge in [-0.3, -0.25) is 13.8 Å². The Morgan fingerprint density at radius 3 is 2.41 bits per heavy atom. The summed E-state index contributed by atoms with van der Waals surface area (Å²) in [6.45, 7) is 12.8. The van der Waals surface area contributed by atoms with Crippen LogP contribution in [0.2, 0.25) is 0 Å². The van der Waals surface area contributed by atoms with Gasteiger partial charge in [-0.1, -0.05) is 44.5 Å². The Morgan fingerprint density at radius 1 is 1.14 bits per heavy atom. The van der Waals surface area contributed by atoms with Crippen molar-refractivity contribution in [3.8, 4) is 0 Å². The van der Waals surface area contributed by atoms with Gasteiger partial charge >= 0.3 is 5.97 Å². The van der Waals surface area contributed by atoms with Gasteiger partial charge in [-0.25, -0.2) is 4.79 Å². The molecule has 2 bridgehead atoms. The molecule has 202 valence electrons. The summed E-state index contributed by atoms with van der Waals surface area (Å²) in [5.41, 5.74) is -1.25. The highest BCUT2D eigenvalue weighted by Crippen LogP contribution is 2.67. The molecule has 0 N–H and O–H groups in total. The van der Waals surface area contributed by atoms with Crippen molar-refractivity contribution in [2.75, 3.05) is 6.61 Å². The van der Waals surface area contributed by atoms with Gasteiger partial charge in [0.2, 0.25) is 0 Å². The van der Waals surface area contributed by atoms with Crippen LogP contribution in [0.3, 0.4) is 0 Å². The summed E-state index contributed by atoms with van der Waals surface area (Å²) in [7, 11) is -4.16. The highest BCUT2D eigenvalue weighted by molar-refractivity contribution is 7.86. The zero-order chi connectivity index (χ0) is 27.4. The average molecular weight is 531 g/mol. The summed E-state index contributed by atoms with van der Waals surface area (Å²) in [5.74, 6) is -1.39. The van der Waals surface area contributed by atoms with Crippen molar-refractivity contribution in [3.63, 3.8) is 0 Å². The average Bonchev–Trinajstić information content (AvgIpc) is 3.21. The summed E-state index contributed by atoms with van der Waals surface area (Å²) < 4.78 is 36.3. The summed E-state index contributed by atoms with van der Waals surface area (Å²) >= 11 is 0. The largest absolute Gasteiger partial charge is 0.460 e. The van der Waals surface area contributed by atoms with Crippen molar-refractivity contribution in [3.05, 3.63) is 42.5 Å². The number of carbonyl (C=O) groups excluding carboxylic acids is 3. The molecule has 3 saturated carbocycles. The molecule has 0 amide bonds. The summed E-state index contributed by atoms with van der Waals surface area (Å²) in [6, 6.07) is 6.13. The molecular weight excluding hydrogens is 492 g/mol. The molecule has 7 atom stereocenters. The first-order chi connectivity index (χ1) is 17.2. The van der Waals surface area contributed by atoms with Crippen LogP contribution < -0.4 is 0 Å². The Hall–Kier alpha value is -2.32. The summed E-state index contributed by atoms with van der Waals surface area (Å²) in [4.78, 5) is 40.2. The maximum absolute atomic E-state index is 13.8. The Balaban J connectivity index is 1.66. The van der Waals surface area contributed by atoms with Crippen molar-refractivity contribution < 1.29 is 31.7 Å². The molecule has 0 heterocycles. The van der Waals surface area contributed by atoms with Crippen molar-refractivity contribution in [2.45, 2.75) is 77.7 Å². The van der Waals surface area contributed by atoms with Crippen molar-refractivity contribution in [2.24, 2.45) is 34.0 Å². The van der Waals surface area contributed by atoms with Crippen molar-refractivity contribution in [1.29, 1.82) is 0 Å². The molecule has 0 unspecified atom stereocenters. The lowest BCUT2D eigenvalue weighted by Gasteiger charge is -2.60. The zero-order valence-electron chi connectivity index (χ0n) is 22.4. The van der Waals surface area contributed by atoms with Gasteiger partial charge in [0.15, 0.2) is 6.61 Å². The van der Waals surface area contributed by atoms with Gasteiger partial charge in [0, 0.05) is 35.5 Å². The second kappa shape index (κ2) is 9.45. The first kappa shape index (κ1) is 27.7. The fourth-order valence-corrected chi connectivity index (χ4v) is 8.23. The number of esters is 1. The molecule has 1 aromatic carbocycles. The van der Waals surface area contributed by atoms with E-state index >= 15 is 0 Å². The first-order valence-electron chi connectivity index (χ1n) is 13.1. The SMILES string of the molecule is C=C[C@]1(C)C[C@@H](OC(=O)COS(=O)(=O)c2ccc(C)cc2)[C@]2(C)[C@H](C)CC[C@]3(CCC(=O)[C@@H]32)[C@@H](C)C1=O. The van der Waals surface area contributed by atoms with Gasteiger partial charge in [0.1, 0.15) is 17.7 Å². The third kappa shape index (κ3) is 4.40. The smallest absolute Gasteiger partial charge is 0.333 e. The number of hydrogen-bond donors (Lipinski definition) is 0. The highest BCUT2D eigenvalue weighted by atomic mass is 32.2. The van der Waals surface area contributed by atoms with Crippen LogP contribution in [-0.4, -0.2) is 38.7 Å². The Bertz CT molecular complexity index is 1220. The molecule has 3 aliphatic carbocycles. The van der Waals surface area contributed by atoms with Crippen LogP contribution >= 0.6 is 0 Å². The number of allylic oxidation sites excluding steroid dienone is 1. The molecule has 3 fully saturated rings. The number of ether oxygens (including phenoxy) is 1. The van der Waals surface area contributed by atoms with Crippen LogP contribution in [0.1, 0.15) is 65.4 Å². The molecule has 0 saturated heterocycles. The van der Waals surface area contributed by atoms with E-state index < -0.39 is 51.0 Å². The van der Waals surface area contributed by atoms with Crippen LogP contribution in [-0.2, 0) is 33.4 Å². The van der Waals surface area contributed by atoms with Crippen LogP contribution in [0.4, 0.5) is 0 Å². The van der Waals surface area contributed by atoms with E-state index in [1.54, 1.807) is 18.2 Å². The molecule has 0 radical (unpaired) electrons. The van der Waals surface area contributed by atoms with Crippen LogP contribution in [0.15, 0.2) is 41.8 Å². The number of carbonyl (C=O) groups is 3. The molecule has 37 heavy (non-hydrogen) atoms. The third-order valence-electron chi connectivity index (χ3n) is 9.95. The number of ketones is 2. The van der Waals surface area contributed by atoms with Crippen LogP contribution in [0, 0.1) is 40.9 Å². The predicted molar refractivity (Wildman–Crippen MR) is 138 cm³/mol. The van der Waals surface area contributed by atoms with E-state index in [4.69, 9.17) is 8.92 Å². The lowest BCUT2D eigenvalue weighted by atomic mass is 9.44. The van der Waals surface area contributed by atoms with E-state index in [0.29, 0.717) is 12.8 Å². The Labute approximate surface area is 220 Å².